The summed E-state index contributed by atoms with van der Waals surface area (Å²) in [6.45, 7) is 0.642. The van der Waals surface area contributed by atoms with Crippen molar-refractivity contribution >= 4 is 24.0 Å². The van der Waals surface area contributed by atoms with Crippen LogP contribution < -0.4 is 22.1 Å². The van der Waals surface area contributed by atoms with Gasteiger partial charge in [-0.15, -0.1) is 12.4 Å². The highest BCUT2D eigenvalue weighted by atomic mass is 35.5. The molecule has 5 N–H and O–H groups in total. The normalized spacial score (nSPS) is 21.6. The second kappa shape index (κ2) is 5.77. The molecule has 2 unspecified atom stereocenters. The van der Waals surface area contributed by atoms with Gasteiger partial charge in [-0.2, -0.15) is 5.53 Å². The molecule has 0 aliphatic carbocycles. The van der Waals surface area contributed by atoms with Gasteiger partial charge in [-0.1, -0.05) is 17.7 Å². The fourth-order valence-corrected chi connectivity index (χ4v) is 1.72. The van der Waals surface area contributed by atoms with E-state index in [0.29, 0.717) is 17.1 Å². The second-order valence-electron chi connectivity index (χ2n) is 3.45. The minimum absolute atomic E-state index is 0. The van der Waals surface area contributed by atoms with E-state index in [1.807, 2.05) is 0 Å². The maximum absolute atomic E-state index is 13.5. The Labute approximate surface area is 104 Å². The van der Waals surface area contributed by atoms with Gasteiger partial charge < -0.3 is 5.73 Å². The van der Waals surface area contributed by atoms with E-state index >= 15 is 0 Å². The van der Waals surface area contributed by atoms with Crippen LogP contribution in [0.5, 0.6) is 0 Å². The zero-order valence-corrected chi connectivity index (χ0v) is 9.91. The Morgan fingerprint density at radius 1 is 1.50 bits per heavy atom. The average molecular weight is 267 g/mol. The number of rotatable bonds is 2. The number of hydrazine groups is 2. The van der Waals surface area contributed by atoms with Gasteiger partial charge in [0.1, 0.15) is 5.82 Å². The van der Waals surface area contributed by atoms with Crippen LogP contribution in [0.15, 0.2) is 18.2 Å². The molecular formula is C9H13Cl2FN4. The first-order valence-electron chi connectivity index (χ1n) is 4.62. The third kappa shape index (κ3) is 2.82. The van der Waals surface area contributed by atoms with E-state index in [0.717, 1.165) is 0 Å². The number of hydrogen-bond donors (Lipinski definition) is 4. The molecule has 1 aromatic rings. The van der Waals surface area contributed by atoms with E-state index in [2.05, 4.69) is 16.4 Å². The van der Waals surface area contributed by atoms with Gasteiger partial charge in [-0.3, -0.25) is 0 Å². The molecule has 0 saturated carbocycles. The third-order valence-corrected chi connectivity index (χ3v) is 2.66. The molecule has 4 nitrogen and oxygen atoms in total. The first-order valence-corrected chi connectivity index (χ1v) is 5.00. The molecule has 2 atom stereocenters. The molecule has 1 aliphatic rings. The van der Waals surface area contributed by atoms with Crippen LogP contribution in [0.4, 0.5) is 4.39 Å². The Hall–Kier alpha value is -0.430. The molecule has 1 saturated heterocycles. The topological polar surface area (TPSA) is 62.1 Å². The summed E-state index contributed by atoms with van der Waals surface area (Å²) >= 11 is 5.66. The molecule has 0 bridgehead atoms. The SMILES string of the molecule is Cl.NC(c1ccc(Cl)cc1F)C1CNNN1. The summed E-state index contributed by atoms with van der Waals surface area (Å²) in [4.78, 5) is 0. The number of nitrogens with one attached hydrogen (secondary N) is 3. The lowest BCUT2D eigenvalue weighted by Gasteiger charge is -2.18. The van der Waals surface area contributed by atoms with E-state index < -0.39 is 6.04 Å². The molecule has 1 heterocycles. The molecule has 0 radical (unpaired) electrons. The molecule has 7 heteroatoms. The Morgan fingerprint density at radius 2 is 2.25 bits per heavy atom. The van der Waals surface area contributed by atoms with Crippen LogP contribution in [-0.4, -0.2) is 12.6 Å². The first-order chi connectivity index (χ1) is 7.18. The van der Waals surface area contributed by atoms with Crippen molar-refractivity contribution in [2.45, 2.75) is 12.1 Å². The number of nitrogens with two attached hydrogens (primary N) is 1. The van der Waals surface area contributed by atoms with Crippen molar-refractivity contribution in [3.05, 3.63) is 34.6 Å². The van der Waals surface area contributed by atoms with Crippen molar-refractivity contribution in [2.24, 2.45) is 5.73 Å². The maximum atomic E-state index is 13.5. The molecule has 2 rings (SSSR count). The Kier molecular flexibility index (Phi) is 4.91. The lowest BCUT2D eigenvalue weighted by molar-refractivity contribution is 0.465. The van der Waals surface area contributed by atoms with Gasteiger partial charge in [0.25, 0.3) is 0 Å². The smallest absolute Gasteiger partial charge is 0.129 e. The van der Waals surface area contributed by atoms with E-state index in [-0.39, 0.29) is 24.3 Å². The largest absolute Gasteiger partial charge is 0.322 e. The fourth-order valence-electron chi connectivity index (χ4n) is 1.56. The highest BCUT2D eigenvalue weighted by Gasteiger charge is 2.24. The van der Waals surface area contributed by atoms with Gasteiger partial charge >= 0.3 is 0 Å². The Bertz CT molecular complexity index is 357. The van der Waals surface area contributed by atoms with Crippen molar-refractivity contribution in [1.29, 1.82) is 0 Å². The number of hydrogen-bond acceptors (Lipinski definition) is 4. The van der Waals surface area contributed by atoms with Gasteiger partial charge in [-0.05, 0) is 12.1 Å². The zero-order valence-electron chi connectivity index (χ0n) is 8.34. The van der Waals surface area contributed by atoms with Crippen molar-refractivity contribution < 1.29 is 4.39 Å². The number of benzene rings is 1. The number of halogens is 3. The van der Waals surface area contributed by atoms with Crippen LogP contribution in [0.25, 0.3) is 0 Å². The lowest BCUT2D eigenvalue weighted by atomic mass is 10.0. The van der Waals surface area contributed by atoms with Crippen LogP contribution in [0.1, 0.15) is 11.6 Å². The summed E-state index contributed by atoms with van der Waals surface area (Å²) in [5.74, 6) is -0.372. The van der Waals surface area contributed by atoms with Crippen molar-refractivity contribution in [3.8, 4) is 0 Å². The predicted octanol–water partition coefficient (Wildman–Crippen LogP) is 0.882. The summed E-state index contributed by atoms with van der Waals surface area (Å²) in [5.41, 5.74) is 14.9. The van der Waals surface area contributed by atoms with Crippen LogP contribution >= 0.6 is 24.0 Å². The molecule has 0 amide bonds. The van der Waals surface area contributed by atoms with E-state index in [1.165, 1.54) is 6.07 Å². The van der Waals surface area contributed by atoms with E-state index in [1.54, 1.807) is 12.1 Å². The summed E-state index contributed by atoms with van der Waals surface area (Å²) in [5, 5.41) is 0.374. The fraction of sp³-hybridized carbons (Fsp3) is 0.333. The lowest BCUT2D eigenvalue weighted by Crippen LogP contribution is -2.40. The van der Waals surface area contributed by atoms with Crippen molar-refractivity contribution in [1.82, 2.24) is 16.4 Å². The Balaban J connectivity index is 0.00000128. The van der Waals surface area contributed by atoms with E-state index in [4.69, 9.17) is 17.3 Å². The maximum Gasteiger partial charge on any atom is 0.129 e. The summed E-state index contributed by atoms with van der Waals surface area (Å²) < 4.78 is 13.5. The Morgan fingerprint density at radius 3 is 2.81 bits per heavy atom. The summed E-state index contributed by atoms with van der Waals surface area (Å²) in [7, 11) is 0. The molecule has 1 aromatic carbocycles. The van der Waals surface area contributed by atoms with Crippen LogP contribution in [0, 0.1) is 5.82 Å². The van der Waals surface area contributed by atoms with E-state index in [9.17, 15) is 4.39 Å². The predicted molar refractivity (Wildman–Crippen MR) is 63.6 cm³/mol. The quantitative estimate of drug-likeness (QED) is 0.642. The molecule has 0 spiro atoms. The molecule has 1 fully saturated rings. The zero-order chi connectivity index (χ0) is 10.8. The summed E-state index contributed by atoms with van der Waals surface area (Å²) in [6.07, 6.45) is 0. The molecular weight excluding hydrogens is 254 g/mol. The minimum Gasteiger partial charge on any atom is -0.322 e. The highest BCUT2D eigenvalue weighted by molar-refractivity contribution is 6.30. The van der Waals surface area contributed by atoms with Gasteiger partial charge in [0.05, 0.1) is 12.1 Å². The van der Waals surface area contributed by atoms with Crippen LogP contribution in [-0.2, 0) is 0 Å². The minimum atomic E-state index is -0.412. The van der Waals surface area contributed by atoms with Crippen molar-refractivity contribution in [2.75, 3.05) is 6.54 Å². The van der Waals surface area contributed by atoms with Crippen LogP contribution in [0.3, 0.4) is 0 Å². The van der Waals surface area contributed by atoms with Crippen molar-refractivity contribution in [3.63, 3.8) is 0 Å². The second-order valence-corrected chi connectivity index (χ2v) is 3.88. The molecule has 16 heavy (non-hydrogen) atoms. The third-order valence-electron chi connectivity index (χ3n) is 2.42. The summed E-state index contributed by atoms with van der Waals surface area (Å²) in [6, 6.07) is 4.07. The van der Waals surface area contributed by atoms with Gasteiger partial charge in [0.15, 0.2) is 0 Å². The molecule has 1 aliphatic heterocycles. The van der Waals surface area contributed by atoms with Gasteiger partial charge in [-0.25, -0.2) is 15.2 Å². The monoisotopic (exact) mass is 266 g/mol. The van der Waals surface area contributed by atoms with Crippen LogP contribution in [0.2, 0.25) is 5.02 Å². The molecule has 0 aromatic heterocycles. The van der Waals surface area contributed by atoms with Gasteiger partial charge in [0, 0.05) is 17.1 Å². The highest BCUT2D eigenvalue weighted by Crippen LogP contribution is 2.21. The molecule has 90 valence electrons. The average Bonchev–Trinajstić information content (AvgIpc) is 2.69. The van der Waals surface area contributed by atoms with Gasteiger partial charge in [0.2, 0.25) is 0 Å². The first kappa shape index (κ1) is 13.6. The standard InChI is InChI=1S/C9H12ClFN4.ClH/c10-5-1-2-6(7(11)3-5)9(12)8-4-13-15-14-8;/h1-3,8-9,13-15H,4,12H2;1H.